The second-order valence-corrected chi connectivity index (χ2v) is 6.33. The molecule has 0 fully saturated rings. The van der Waals surface area contributed by atoms with E-state index in [0.29, 0.717) is 13.2 Å². The van der Waals surface area contributed by atoms with Gasteiger partial charge in [-0.25, -0.2) is 0 Å². The Morgan fingerprint density at radius 3 is 2.65 bits per heavy atom. The highest BCUT2D eigenvalue weighted by molar-refractivity contribution is 9.10. The minimum absolute atomic E-state index is 0.173. The maximum Gasteiger partial charge on any atom is 0.162 e. The molecule has 0 aromatic heterocycles. The average molecular weight is 378 g/mol. The summed E-state index contributed by atoms with van der Waals surface area (Å²) in [6.45, 7) is 4.09. The first-order chi connectivity index (χ1) is 11.2. The van der Waals surface area contributed by atoms with Gasteiger partial charge >= 0.3 is 0 Å². The van der Waals surface area contributed by atoms with Gasteiger partial charge in [0.15, 0.2) is 11.5 Å². The zero-order chi connectivity index (χ0) is 16.2. The molecule has 0 spiro atoms. The molecule has 1 unspecified atom stereocenters. The molecule has 23 heavy (non-hydrogen) atoms. The number of halogens is 1. The highest BCUT2D eigenvalue weighted by atomic mass is 79.9. The van der Waals surface area contributed by atoms with Gasteiger partial charge in [0.25, 0.3) is 0 Å². The largest absolute Gasteiger partial charge is 0.497 e. The number of rotatable bonds is 5. The third-order valence-corrected chi connectivity index (χ3v) is 4.56. The Labute approximate surface area is 144 Å². The Morgan fingerprint density at radius 2 is 1.91 bits per heavy atom. The van der Waals surface area contributed by atoms with Crippen molar-refractivity contribution in [2.45, 2.75) is 19.5 Å². The monoisotopic (exact) mass is 377 g/mol. The van der Waals surface area contributed by atoms with Crippen LogP contribution < -0.4 is 19.5 Å². The van der Waals surface area contributed by atoms with Crippen molar-refractivity contribution in [1.82, 2.24) is 5.32 Å². The molecule has 0 saturated carbocycles. The van der Waals surface area contributed by atoms with E-state index in [2.05, 4.69) is 34.2 Å². The highest BCUT2D eigenvalue weighted by Gasteiger charge is 2.17. The molecule has 0 aliphatic carbocycles. The maximum atomic E-state index is 5.67. The van der Waals surface area contributed by atoms with Gasteiger partial charge in [0, 0.05) is 17.1 Å². The minimum atomic E-state index is 0.173. The van der Waals surface area contributed by atoms with Crippen LogP contribution in [-0.4, -0.2) is 20.3 Å². The molecule has 0 amide bonds. The van der Waals surface area contributed by atoms with Gasteiger partial charge in [-0.05, 0) is 42.3 Å². The molecule has 1 atom stereocenters. The van der Waals surface area contributed by atoms with Gasteiger partial charge in [-0.3, -0.25) is 0 Å². The van der Waals surface area contributed by atoms with Crippen LogP contribution in [0.15, 0.2) is 40.9 Å². The first-order valence-corrected chi connectivity index (χ1v) is 8.42. The molecule has 1 heterocycles. The molecule has 122 valence electrons. The smallest absolute Gasteiger partial charge is 0.162 e. The van der Waals surface area contributed by atoms with Gasteiger partial charge in [0.2, 0.25) is 0 Å². The Hall–Kier alpha value is -1.72. The molecule has 5 heteroatoms. The Balaban J connectivity index is 1.71. The zero-order valence-corrected chi connectivity index (χ0v) is 14.9. The highest BCUT2D eigenvalue weighted by Crippen LogP contribution is 2.37. The van der Waals surface area contributed by atoms with Crippen LogP contribution >= 0.6 is 15.9 Å². The van der Waals surface area contributed by atoms with E-state index in [0.717, 1.165) is 33.8 Å². The SMILES string of the molecule is COc1cccc(CNC(C)c2cc3c(cc2Br)OCCO3)c1. The molecule has 4 nitrogen and oxygen atoms in total. The number of fused-ring (bicyclic) bond motifs is 1. The molecule has 0 bridgehead atoms. The molecule has 1 aliphatic rings. The summed E-state index contributed by atoms with van der Waals surface area (Å²) in [7, 11) is 1.68. The number of methoxy groups -OCH3 is 1. The summed E-state index contributed by atoms with van der Waals surface area (Å²) in [5, 5.41) is 3.53. The van der Waals surface area contributed by atoms with Crippen LogP contribution in [0.3, 0.4) is 0 Å². The van der Waals surface area contributed by atoms with Crippen molar-refractivity contribution < 1.29 is 14.2 Å². The molecule has 0 radical (unpaired) electrons. The second-order valence-electron chi connectivity index (χ2n) is 5.47. The minimum Gasteiger partial charge on any atom is -0.497 e. The lowest BCUT2D eigenvalue weighted by Gasteiger charge is -2.22. The van der Waals surface area contributed by atoms with Crippen LogP contribution in [-0.2, 0) is 6.54 Å². The van der Waals surface area contributed by atoms with Gasteiger partial charge in [0.05, 0.1) is 7.11 Å². The van der Waals surface area contributed by atoms with E-state index in [1.807, 2.05) is 30.3 Å². The predicted molar refractivity (Wildman–Crippen MR) is 93.4 cm³/mol. The summed E-state index contributed by atoms with van der Waals surface area (Å²) in [4.78, 5) is 0. The molecule has 0 saturated heterocycles. The van der Waals surface area contributed by atoms with Crippen LogP contribution in [0.2, 0.25) is 0 Å². The fraction of sp³-hybridized carbons (Fsp3) is 0.333. The fourth-order valence-corrected chi connectivity index (χ4v) is 3.24. The van der Waals surface area contributed by atoms with Gasteiger partial charge < -0.3 is 19.5 Å². The lowest BCUT2D eigenvalue weighted by molar-refractivity contribution is 0.171. The van der Waals surface area contributed by atoms with E-state index < -0.39 is 0 Å². The lowest BCUT2D eigenvalue weighted by Crippen LogP contribution is -2.20. The Bertz CT molecular complexity index is 690. The van der Waals surface area contributed by atoms with E-state index in [9.17, 15) is 0 Å². The normalized spacial score (nSPS) is 14.4. The number of nitrogens with one attached hydrogen (secondary N) is 1. The molecular formula is C18H20BrNO3. The molecule has 2 aromatic carbocycles. The lowest BCUT2D eigenvalue weighted by atomic mass is 10.1. The van der Waals surface area contributed by atoms with Crippen LogP contribution in [0.25, 0.3) is 0 Å². The van der Waals surface area contributed by atoms with E-state index in [4.69, 9.17) is 14.2 Å². The van der Waals surface area contributed by atoms with Crippen molar-refractivity contribution in [3.8, 4) is 17.2 Å². The van der Waals surface area contributed by atoms with Gasteiger partial charge in [-0.2, -0.15) is 0 Å². The summed E-state index contributed by atoms with van der Waals surface area (Å²) in [5.41, 5.74) is 2.34. The third kappa shape index (κ3) is 3.79. The molecule has 3 rings (SSSR count). The van der Waals surface area contributed by atoms with Crippen LogP contribution in [0.5, 0.6) is 17.2 Å². The molecule has 1 aliphatic heterocycles. The molecule has 1 N–H and O–H groups in total. The van der Waals surface area contributed by atoms with Crippen molar-refractivity contribution in [3.05, 3.63) is 52.0 Å². The average Bonchev–Trinajstić information content (AvgIpc) is 2.59. The van der Waals surface area contributed by atoms with Crippen molar-refractivity contribution >= 4 is 15.9 Å². The van der Waals surface area contributed by atoms with E-state index >= 15 is 0 Å². The van der Waals surface area contributed by atoms with E-state index in [-0.39, 0.29) is 6.04 Å². The number of ether oxygens (including phenoxy) is 3. The van der Waals surface area contributed by atoms with Crippen molar-refractivity contribution in [1.29, 1.82) is 0 Å². The van der Waals surface area contributed by atoms with Gasteiger partial charge in [-0.1, -0.05) is 28.1 Å². The van der Waals surface area contributed by atoms with Gasteiger partial charge in [0.1, 0.15) is 19.0 Å². The molecular weight excluding hydrogens is 358 g/mol. The zero-order valence-electron chi connectivity index (χ0n) is 13.3. The van der Waals surface area contributed by atoms with Crippen molar-refractivity contribution in [3.63, 3.8) is 0 Å². The number of benzene rings is 2. The van der Waals surface area contributed by atoms with Crippen LogP contribution in [0.4, 0.5) is 0 Å². The van der Waals surface area contributed by atoms with Gasteiger partial charge in [-0.15, -0.1) is 0 Å². The topological polar surface area (TPSA) is 39.7 Å². The van der Waals surface area contributed by atoms with Crippen LogP contribution in [0.1, 0.15) is 24.1 Å². The Morgan fingerprint density at radius 1 is 1.17 bits per heavy atom. The molecule has 2 aromatic rings. The van der Waals surface area contributed by atoms with E-state index in [1.165, 1.54) is 5.56 Å². The van der Waals surface area contributed by atoms with Crippen molar-refractivity contribution in [2.75, 3.05) is 20.3 Å². The predicted octanol–water partition coefficient (Wildman–Crippen LogP) is 4.08. The summed E-state index contributed by atoms with van der Waals surface area (Å²) in [6.07, 6.45) is 0. The fourth-order valence-electron chi connectivity index (χ4n) is 2.57. The van der Waals surface area contributed by atoms with Crippen LogP contribution in [0, 0.1) is 0 Å². The van der Waals surface area contributed by atoms with Crippen molar-refractivity contribution in [2.24, 2.45) is 0 Å². The number of hydrogen-bond donors (Lipinski definition) is 1. The maximum absolute atomic E-state index is 5.67. The quantitative estimate of drug-likeness (QED) is 0.851. The van der Waals surface area contributed by atoms with E-state index in [1.54, 1.807) is 7.11 Å². The first-order valence-electron chi connectivity index (χ1n) is 7.62. The third-order valence-electron chi connectivity index (χ3n) is 3.87. The summed E-state index contributed by atoms with van der Waals surface area (Å²) < 4.78 is 17.6. The second kappa shape index (κ2) is 7.23. The summed E-state index contributed by atoms with van der Waals surface area (Å²) in [5.74, 6) is 2.48. The summed E-state index contributed by atoms with van der Waals surface area (Å²) >= 11 is 3.63. The standard InChI is InChI=1S/C18H20BrNO3/c1-12(20-11-13-4-3-5-14(8-13)21-2)15-9-17-18(10-16(15)19)23-7-6-22-17/h3-5,8-10,12,20H,6-7,11H2,1-2H3. The Kier molecular flexibility index (Phi) is 5.08. The summed E-state index contributed by atoms with van der Waals surface area (Å²) in [6, 6.07) is 12.3. The number of hydrogen-bond acceptors (Lipinski definition) is 4. The first kappa shape index (κ1) is 16.1.